The summed E-state index contributed by atoms with van der Waals surface area (Å²) in [5, 5.41) is 3.58. The number of H-pyrrole nitrogens is 1. The van der Waals surface area contributed by atoms with Gasteiger partial charge in [0.25, 0.3) is 0 Å². The van der Waals surface area contributed by atoms with Gasteiger partial charge in [0.2, 0.25) is 5.95 Å². The molecule has 37 heavy (non-hydrogen) atoms. The molecule has 0 amide bonds. The van der Waals surface area contributed by atoms with Gasteiger partial charge in [-0.25, -0.2) is 24.3 Å². The van der Waals surface area contributed by atoms with Gasteiger partial charge < -0.3 is 15.2 Å². The van der Waals surface area contributed by atoms with Crippen LogP contribution in [0, 0.1) is 5.82 Å². The number of hydrogen-bond donors (Lipinski definition) is 2. The molecule has 0 fully saturated rings. The largest absolute Gasteiger partial charge is 0.341 e. The van der Waals surface area contributed by atoms with E-state index in [2.05, 4.69) is 30.2 Å². The summed E-state index contributed by atoms with van der Waals surface area (Å²) < 4.78 is 14.8. The number of hydrogen-bond acceptors (Lipinski definition) is 6. The number of rotatable bonds is 5. The van der Waals surface area contributed by atoms with Crippen LogP contribution in [-0.2, 0) is 13.0 Å². The summed E-state index contributed by atoms with van der Waals surface area (Å²) >= 11 is 6.35. The van der Waals surface area contributed by atoms with Crippen LogP contribution in [0.25, 0.3) is 22.2 Å². The number of benzene rings is 2. The Bertz CT molecular complexity index is 1660. The number of allylic oxidation sites excluding steroid dienone is 5. The van der Waals surface area contributed by atoms with Gasteiger partial charge in [0, 0.05) is 34.8 Å². The van der Waals surface area contributed by atoms with Crippen LogP contribution in [-0.4, -0.2) is 44.1 Å². The highest BCUT2D eigenvalue weighted by Crippen LogP contribution is 2.41. The molecule has 0 bridgehead atoms. The summed E-state index contributed by atoms with van der Waals surface area (Å²) in [7, 11) is 4.01. The Morgan fingerprint density at radius 3 is 2.78 bits per heavy atom. The van der Waals surface area contributed by atoms with Crippen LogP contribution in [0.4, 0.5) is 16.0 Å². The Morgan fingerprint density at radius 2 is 1.95 bits per heavy atom. The zero-order chi connectivity index (χ0) is 25.5. The van der Waals surface area contributed by atoms with E-state index in [-0.39, 0.29) is 11.0 Å². The van der Waals surface area contributed by atoms with Crippen LogP contribution in [0.15, 0.2) is 77.6 Å². The van der Waals surface area contributed by atoms with Gasteiger partial charge in [0.15, 0.2) is 0 Å². The zero-order valence-corrected chi connectivity index (χ0v) is 21.0. The van der Waals surface area contributed by atoms with Crippen molar-refractivity contribution in [1.82, 2.24) is 24.8 Å². The van der Waals surface area contributed by atoms with Gasteiger partial charge in [-0.1, -0.05) is 35.9 Å². The summed E-state index contributed by atoms with van der Waals surface area (Å²) in [6.45, 7) is 0.728. The van der Waals surface area contributed by atoms with Crippen molar-refractivity contribution in [1.29, 1.82) is 0 Å². The van der Waals surface area contributed by atoms with Gasteiger partial charge in [0.05, 0.1) is 23.3 Å². The van der Waals surface area contributed by atoms with Crippen molar-refractivity contribution < 1.29 is 4.39 Å². The number of aromatic amines is 1. The van der Waals surface area contributed by atoms with Crippen molar-refractivity contribution in [3.8, 4) is 0 Å². The smallest absolute Gasteiger partial charge is 0.227 e. The van der Waals surface area contributed by atoms with Crippen molar-refractivity contribution in [2.24, 2.45) is 4.99 Å². The Labute approximate surface area is 218 Å². The second kappa shape index (κ2) is 9.38. The fraction of sp³-hybridized carbons (Fsp3) is 0.143. The first-order valence-corrected chi connectivity index (χ1v) is 12.2. The molecule has 184 valence electrons. The van der Waals surface area contributed by atoms with Crippen LogP contribution < -0.4 is 5.32 Å². The predicted octanol–water partition coefficient (Wildman–Crippen LogP) is 5.86. The molecule has 0 unspecified atom stereocenters. The highest BCUT2D eigenvalue weighted by Gasteiger charge is 2.26. The third kappa shape index (κ3) is 4.57. The molecule has 1 aliphatic carbocycles. The lowest BCUT2D eigenvalue weighted by molar-refractivity contribution is 0.392. The second-order valence-corrected chi connectivity index (χ2v) is 9.59. The Hall–Kier alpha value is -4.14. The molecule has 0 spiro atoms. The molecular weight excluding hydrogens is 489 g/mol. The molecule has 3 heterocycles. The van der Waals surface area contributed by atoms with Crippen LogP contribution in [0.1, 0.15) is 22.6 Å². The summed E-state index contributed by atoms with van der Waals surface area (Å²) in [6.07, 6.45) is 7.86. The minimum absolute atomic E-state index is 0.275. The maximum absolute atomic E-state index is 14.8. The molecule has 4 aromatic rings. The van der Waals surface area contributed by atoms with Crippen molar-refractivity contribution in [3.63, 3.8) is 0 Å². The Balaban J connectivity index is 1.34. The van der Waals surface area contributed by atoms with E-state index >= 15 is 0 Å². The molecule has 0 atom stereocenters. The maximum Gasteiger partial charge on any atom is 0.227 e. The fourth-order valence-electron chi connectivity index (χ4n) is 4.59. The van der Waals surface area contributed by atoms with Gasteiger partial charge in [-0.15, -0.1) is 0 Å². The van der Waals surface area contributed by atoms with E-state index in [0.717, 1.165) is 51.5 Å². The minimum Gasteiger partial charge on any atom is -0.341 e. The monoisotopic (exact) mass is 511 g/mol. The zero-order valence-electron chi connectivity index (χ0n) is 20.3. The standard InChI is InChI=1S/C28H23ClFN7/c1-37(2)15-26-34-23-10-8-17(11-24(23)35-26)33-28-32-13-16-7-9-18-20(19-5-3-4-6-22(19)30)12-25(29)31-14-21(18)27(16)36-28/h3-6,8-14H,7,15H2,1-2H3,(H,34,35)(H,32,33,36). The quantitative estimate of drug-likeness (QED) is 0.351. The molecule has 0 saturated carbocycles. The van der Waals surface area contributed by atoms with E-state index in [4.69, 9.17) is 16.6 Å². The number of nitrogens with zero attached hydrogens (tertiary/aromatic N) is 5. The van der Waals surface area contributed by atoms with Crippen molar-refractivity contribution in [3.05, 3.63) is 101 Å². The highest BCUT2D eigenvalue weighted by molar-refractivity contribution is 6.69. The van der Waals surface area contributed by atoms with Gasteiger partial charge >= 0.3 is 0 Å². The molecular formula is C28H23ClFN7. The third-order valence-electron chi connectivity index (χ3n) is 6.22. The molecule has 7 nitrogen and oxygen atoms in total. The number of nitrogens with one attached hydrogen (secondary N) is 2. The first-order chi connectivity index (χ1) is 17.9. The average Bonchev–Trinajstić information content (AvgIpc) is 3.18. The molecule has 1 aliphatic heterocycles. The van der Waals surface area contributed by atoms with Crippen LogP contribution in [0.3, 0.4) is 0 Å². The van der Waals surface area contributed by atoms with Gasteiger partial charge in [-0.3, -0.25) is 0 Å². The average molecular weight is 512 g/mol. The normalized spacial score (nSPS) is 14.8. The van der Waals surface area contributed by atoms with Crippen LogP contribution >= 0.6 is 11.6 Å². The number of anilines is 2. The number of imidazole rings is 1. The van der Waals surface area contributed by atoms with E-state index < -0.39 is 0 Å². The number of aliphatic imine (C=N–C) groups is 1. The summed E-state index contributed by atoms with van der Waals surface area (Å²) in [5.41, 5.74) is 7.11. The van der Waals surface area contributed by atoms with Gasteiger partial charge in [-0.2, -0.15) is 0 Å². The van der Waals surface area contributed by atoms with Crippen molar-refractivity contribution in [2.45, 2.75) is 13.0 Å². The van der Waals surface area contributed by atoms with E-state index in [1.54, 1.807) is 30.5 Å². The van der Waals surface area contributed by atoms with Gasteiger partial charge in [-0.05, 0) is 62.0 Å². The van der Waals surface area contributed by atoms with E-state index in [1.165, 1.54) is 6.07 Å². The van der Waals surface area contributed by atoms with E-state index in [0.29, 0.717) is 23.5 Å². The molecule has 9 heteroatoms. The van der Waals surface area contributed by atoms with Crippen molar-refractivity contribution >= 4 is 50.6 Å². The van der Waals surface area contributed by atoms with Crippen molar-refractivity contribution in [2.75, 3.05) is 19.4 Å². The summed E-state index contributed by atoms with van der Waals surface area (Å²) in [5.74, 6) is 1.03. The molecule has 2 aromatic heterocycles. The first kappa shape index (κ1) is 23.3. The van der Waals surface area contributed by atoms with E-state index in [9.17, 15) is 4.39 Å². The lowest BCUT2D eigenvalue weighted by Crippen LogP contribution is -2.11. The fourth-order valence-corrected chi connectivity index (χ4v) is 4.75. The molecule has 2 aliphatic rings. The summed E-state index contributed by atoms with van der Waals surface area (Å²) in [4.78, 5) is 23.8. The van der Waals surface area contributed by atoms with E-state index in [1.807, 2.05) is 44.6 Å². The molecule has 0 saturated heterocycles. The third-order valence-corrected chi connectivity index (χ3v) is 6.43. The topological polar surface area (TPSA) is 82.1 Å². The number of aromatic nitrogens is 4. The minimum atomic E-state index is -0.320. The number of halogens is 2. The maximum atomic E-state index is 14.8. The molecule has 6 rings (SSSR count). The summed E-state index contributed by atoms with van der Waals surface area (Å²) in [6, 6.07) is 12.6. The van der Waals surface area contributed by atoms with Crippen LogP contribution in [0.2, 0.25) is 0 Å². The Morgan fingerprint density at radius 1 is 1.08 bits per heavy atom. The second-order valence-electron chi connectivity index (χ2n) is 9.20. The molecule has 2 aromatic carbocycles. The number of fused-ring (bicyclic) bond motifs is 4. The highest BCUT2D eigenvalue weighted by atomic mass is 35.5. The Kier molecular flexibility index (Phi) is 5.90. The lowest BCUT2D eigenvalue weighted by Gasteiger charge is -2.21. The van der Waals surface area contributed by atoms with Crippen LogP contribution in [0.5, 0.6) is 0 Å². The first-order valence-electron chi connectivity index (χ1n) is 11.8. The predicted molar refractivity (Wildman–Crippen MR) is 146 cm³/mol. The molecule has 2 N–H and O–H groups in total. The lowest BCUT2D eigenvalue weighted by atomic mass is 9.85. The SMILES string of the molecule is CN(C)Cc1nc2ccc(Nc3ncc4c(n3)C3=CN=C(Cl)C=C(c5ccccc5F)C3=CC4)cc2[nH]1. The molecule has 0 radical (unpaired) electrons. The van der Waals surface area contributed by atoms with Gasteiger partial charge in [0.1, 0.15) is 16.8 Å².